The Hall–Kier alpha value is -2.08. The Morgan fingerprint density at radius 2 is 1.87 bits per heavy atom. The molecular weight excluding hydrogens is 426 g/mol. The van der Waals surface area contributed by atoms with Crippen LogP contribution < -0.4 is 10.3 Å². The number of benzene rings is 2. The van der Waals surface area contributed by atoms with Gasteiger partial charge in [0.2, 0.25) is 0 Å². The predicted octanol–water partition coefficient (Wildman–Crippen LogP) is 5.58. The molecule has 30 heavy (non-hydrogen) atoms. The van der Waals surface area contributed by atoms with E-state index in [1.165, 1.54) is 0 Å². The van der Waals surface area contributed by atoms with Crippen molar-refractivity contribution in [3.63, 3.8) is 0 Å². The summed E-state index contributed by atoms with van der Waals surface area (Å²) in [5.41, 5.74) is 1.55. The van der Waals surface area contributed by atoms with Crippen LogP contribution in [-0.4, -0.2) is 29.1 Å². The lowest BCUT2D eigenvalue weighted by Gasteiger charge is -2.32. The summed E-state index contributed by atoms with van der Waals surface area (Å²) in [6, 6.07) is 8.78. The van der Waals surface area contributed by atoms with Crippen molar-refractivity contribution in [2.24, 2.45) is 0 Å². The molecule has 4 nitrogen and oxygen atoms in total. The maximum Gasteiger partial charge on any atom is 0.255 e. The molecule has 1 aliphatic heterocycles. The minimum Gasteiger partial charge on any atom is -0.487 e. The van der Waals surface area contributed by atoms with Crippen molar-refractivity contribution < 1.29 is 9.13 Å². The standard InChI is InChI=1S/C23H23Cl2FN2O2/c1-2-15-12-27-23(29)19-3-4-20(22(26)21(15)19)30-18-5-7-28(8-6-18)13-14-9-16(24)11-17(25)10-14/h3-4,9-12,18H,2,5-8,13H2,1H3,(H,27,29). The van der Waals surface area contributed by atoms with Gasteiger partial charge in [-0.25, -0.2) is 4.39 Å². The minimum absolute atomic E-state index is 0.0665. The Labute approximate surface area is 184 Å². The van der Waals surface area contributed by atoms with Gasteiger partial charge in [-0.2, -0.15) is 0 Å². The number of H-pyrrole nitrogens is 1. The SMILES string of the molecule is CCc1c[nH]c(=O)c2ccc(OC3CCN(Cc4cc(Cl)cc(Cl)c4)CC3)c(F)c12. The van der Waals surface area contributed by atoms with Crippen LogP contribution in [0.25, 0.3) is 10.8 Å². The second-order valence-electron chi connectivity index (χ2n) is 7.67. The van der Waals surface area contributed by atoms with Crippen LogP contribution in [0.3, 0.4) is 0 Å². The lowest BCUT2D eigenvalue weighted by molar-refractivity contribution is 0.0938. The molecule has 1 fully saturated rings. The molecule has 0 atom stereocenters. The van der Waals surface area contributed by atoms with Crippen LogP contribution in [0.2, 0.25) is 10.0 Å². The second-order valence-corrected chi connectivity index (χ2v) is 8.54. The number of halogens is 3. The van der Waals surface area contributed by atoms with Gasteiger partial charge in [-0.05, 0) is 60.7 Å². The zero-order valence-corrected chi connectivity index (χ0v) is 18.2. The fourth-order valence-electron chi connectivity index (χ4n) is 4.06. The number of hydrogen-bond acceptors (Lipinski definition) is 3. The summed E-state index contributed by atoms with van der Waals surface area (Å²) in [6.07, 6.45) is 3.73. The second kappa shape index (κ2) is 8.96. The van der Waals surface area contributed by atoms with E-state index in [-0.39, 0.29) is 17.4 Å². The van der Waals surface area contributed by atoms with Crippen molar-refractivity contribution >= 4 is 34.0 Å². The molecule has 1 saturated heterocycles. The molecule has 3 aromatic rings. The summed E-state index contributed by atoms with van der Waals surface area (Å²) < 4.78 is 21.2. The Kier molecular flexibility index (Phi) is 6.32. The Morgan fingerprint density at radius 1 is 1.17 bits per heavy atom. The molecule has 2 aromatic carbocycles. The van der Waals surface area contributed by atoms with Crippen molar-refractivity contribution in [1.82, 2.24) is 9.88 Å². The number of likely N-dealkylation sites (tertiary alicyclic amines) is 1. The van der Waals surface area contributed by atoms with Gasteiger partial charge < -0.3 is 9.72 Å². The average Bonchev–Trinajstić information content (AvgIpc) is 2.71. The quantitative estimate of drug-likeness (QED) is 0.553. The molecule has 0 unspecified atom stereocenters. The molecule has 7 heteroatoms. The van der Waals surface area contributed by atoms with Crippen molar-refractivity contribution in [1.29, 1.82) is 0 Å². The van der Waals surface area contributed by atoms with E-state index in [2.05, 4.69) is 9.88 Å². The molecule has 0 aliphatic carbocycles. The largest absolute Gasteiger partial charge is 0.487 e. The topological polar surface area (TPSA) is 45.3 Å². The number of rotatable bonds is 5. The molecule has 0 radical (unpaired) electrons. The number of pyridine rings is 1. The predicted molar refractivity (Wildman–Crippen MR) is 119 cm³/mol. The summed E-state index contributed by atoms with van der Waals surface area (Å²) in [6.45, 7) is 4.37. The third kappa shape index (κ3) is 4.48. The van der Waals surface area contributed by atoms with Crippen molar-refractivity contribution in [3.05, 3.63) is 73.9 Å². The van der Waals surface area contributed by atoms with Crippen molar-refractivity contribution in [3.8, 4) is 5.75 Å². The molecule has 2 heterocycles. The number of piperidine rings is 1. The molecule has 0 bridgehead atoms. The zero-order chi connectivity index (χ0) is 21.3. The molecule has 0 spiro atoms. The number of nitrogens with zero attached hydrogens (tertiary/aromatic N) is 1. The number of fused-ring (bicyclic) bond motifs is 1. The first-order chi connectivity index (χ1) is 14.4. The number of aromatic amines is 1. The van der Waals surface area contributed by atoms with E-state index in [1.54, 1.807) is 24.4 Å². The Bertz CT molecular complexity index is 1100. The zero-order valence-electron chi connectivity index (χ0n) is 16.7. The van der Waals surface area contributed by atoms with E-state index in [1.807, 2.05) is 19.1 Å². The number of aromatic nitrogens is 1. The first-order valence-electron chi connectivity index (χ1n) is 10.1. The highest BCUT2D eigenvalue weighted by molar-refractivity contribution is 6.34. The molecule has 0 amide bonds. The normalized spacial score (nSPS) is 15.6. The van der Waals surface area contributed by atoms with Gasteiger partial charge in [0.1, 0.15) is 6.10 Å². The van der Waals surface area contributed by atoms with E-state index >= 15 is 4.39 Å². The monoisotopic (exact) mass is 448 g/mol. The van der Waals surface area contributed by atoms with Gasteiger partial charge in [0.15, 0.2) is 11.6 Å². The van der Waals surface area contributed by atoms with Gasteiger partial charge in [0.25, 0.3) is 5.56 Å². The van der Waals surface area contributed by atoms with E-state index in [0.29, 0.717) is 27.2 Å². The average molecular weight is 449 g/mol. The van der Waals surface area contributed by atoms with Gasteiger partial charge in [-0.3, -0.25) is 9.69 Å². The van der Waals surface area contributed by atoms with Gasteiger partial charge >= 0.3 is 0 Å². The van der Waals surface area contributed by atoms with Crippen LogP contribution in [0.1, 0.15) is 30.9 Å². The van der Waals surface area contributed by atoms with Crippen LogP contribution in [0.15, 0.2) is 41.3 Å². The van der Waals surface area contributed by atoms with Crippen LogP contribution in [0, 0.1) is 5.82 Å². The maximum atomic E-state index is 15.2. The first kappa shape index (κ1) is 21.2. The molecule has 1 aliphatic rings. The third-order valence-electron chi connectivity index (χ3n) is 5.59. The van der Waals surface area contributed by atoms with E-state index in [4.69, 9.17) is 27.9 Å². The molecule has 1 N–H and O–H groups in total. The minimum atomic E-state index is -0.452. The van der Waals surface area contributed by atoms with Crippen LogP contribution in [-0.2, 0) is 13.0 Å². The van der Waals surface area contributed by atoms with Gasteiger partial charge in [0, 0.05) is 41.3 Å². The smallest absolute Gasteiger partial charge is 0.255 e. The van der Waals surface area contributed by atoms with Gasteiger partial charge in [-0.15, -0.1) is 0 Å². The van der Waals surface area contributed by atoms with E-state index in [0.717, 1.165) is 43.6 Å². The van der Waals surface area contributed by atoms with Gasteiger partial charge in [0.05, 0.1) is 5.39 Å². The first-order valence-corrected chi connectivity index (χ1v) is 10.9. The Morgan fingerprint density at radius 3 is 2.53 bits per heavy atom. The molecule has 158 valence electrons. The summed E-state index contributed by atoms with van der Waals surface area (Å²) >= 11 is 12.2. The lowest BCUT2D eigenvalue weighted by Crippen LogP contribution is -2.37. The fraction of sp³-hybridized carbons (Fsp3) is 0.348. The maximum absolute atomic E-state index is 15.2. The summed E-state index contributed by atoms with van der Waals surface area (Å²) in [7, 11) is 0. The highest BCUT2D eigenvalue weighted by Crippen LogP contribution is 2.30. The van der Waals surface area contributed by atoms with Gasteiger partial charge in [-0.1, -0.05) is 30.1 Å². The number of aryl methyl sites for hydroxylation is 1. The Balaban J connectivity index is 1.44. The summed E-state index contributed by atoms with van der Waals surface area (Å²) in [5, 5.41) is 1.98. The van der Waals surface area contributed by atoms with E-state index < -0.39 is 5.82 Å². The number of hydrogen-bond donors (Lipinski definition) is 1. The molecule has 0 saturated carbocycles. The third-order valence-corrected chi connectivity index (χ3v) is 6.02. The molecule has 4 rings (SSSR count). The van der Waals surface area contributed by atoms with Crippen LogP contribution in [0.4, 0.5) is 4.39 Å². The highest BCUT2D eigenvalue weighted by atomic mass is 35.5. The van der Waals surface area contributed by atoms with E-state index in [9.17, 15) is 4.79 Å². The van der Waals surface area contributed by atoms with Crippen LogP contribution >= 0.6 is 23.2 Å². The number of nitrogens with one attached hydrogen (secondary N) is 1. The van der Waals surface area contributed by atoms with Crippen molar-refractivity contribution in [2.45, 2.75) is 38.8 Å². The fourth-order valence-corrected chi connectivity index (χ4v) is 4.63. The lowest BCUT2D eigenvalue weighted by atomic mass is 10.0. The highest BCUT2D eigenvalue weighted by Gasteiger charge is 2.23. The summed E-state index contributed by atoms with van der Waals surface area (Å²) in [5.74, 6) is -0.241. The van der Waals surface area contributed by atoms with Crippen LogP contribution in [0.5, 0.6) is 5.75 Å². The molecule has 1 aromatic heterocycles. The van der Waals surface area contributed by atoms with Crippen molar-refractivity contribution in [2.75, 3.05) is 13.1 Å². The molecular formula is C23H23Cl2FN2O2. The summed E-state index contributed by atoms with van der Waals surface area (Å²) in [4.78, 5) is 17.0. The number of ether oxygens (including phenoxy) is 1.